The van der Waals surface area contributed by atoms with Crippen LogP contribution in [0.2, 0.25) is 0 Å². The third-order valence-corrected chi connectivity index (χ3v) is 4.88. The van der Waals surface area contributed by atoms with Crippen LogP contribution in [0.15, 0.2) is 35.7 Å². The summed E-state index contributed by atoms with van der Waals surface area (Å²) in [6, 6.07) is 10.8. The first-order chi connectivity index (χ1) is 11.6. The van der Waals surface area contributed by atoms with E-state index in [0.717, 1.165) is 31.1 Å². The average molecular weight is 349 g/mol. The van der Waals surface area contributed by atoms with Crippen molar-refractivity contribution < 1.29 is 9.47 Å². The highest BCUT2D eigenvalue weighted by Crippen LogP contribution is 2.29. The number of hydrogen-bond donors (Lipinski definition) is 1. The third kappa shape index (κ3) is 5.82. The maximum absolute atomic E-state index is 5.87. The SMILES string of the molecule is COc1cc(CNCCN(C)C(C)C)ccc1OCc1cccs1. The van der Waals surface area contributed by atoms with E-state index in [9.17, 15) is 0 Å². The van der Waals surface area contributed by atoms with Crippen molar-refractivity contribution in [2.24, 2.45) is 0 Å². The summed E-state index contributed by atoms with van der Waals surface area (Å²) >= 11 is 1.70. The Balaban J connectivity index is 1.84. The van der Waals surface area contributed by atoms with Crippen LogP contribution < -0.4 is 14.8 Å². The molecule has 0 fully saturated rings. The maximum Gasteiger partial charge on any atom is 0.161 e. The summed E-state index contributed by atoms with van der Waals surface area (Å²) in [7, 11) is 3.83. The molecule has 0 amide bonds. The second-order valence-corrected chi connectivity index (χ2v) is 7.14. The summed E-state index contributed by atoms with van der Waals surface area (Å²) in [6.07, 6.45) is 0. The van der Waals surface area contributed by atoms with Crippen LogP contribution in [-0.2, 0) is 13.2 Å². The first-order valence-electron chi connectivity index (χ1n) is 8.33. The topological polar surface area (TPSA) is 33.7 Å². The molecule has 1 aromatic heterocycles. The Morgan fingerprint density at radius 1 is 1.21 bits per heavy atom. The predicted octanol–water partition coefficient (Wildman–Crippen LogP) is 3.77. The van der Waals surface area contributed by atoms with Gasteiger partial charge < -0.3 is 19.7 Å². The van der Waals surface area contributed by atoms with Crippen LogP contribution in [0.3, 0.4) is 0 Å². The van der Waals surface area contributed by atoms with Gasteiger partial charge in [-0.2, -0.15) is 0 Å². The van der Waals surface area contributed by atoms with Gasteiger partial charge >= 0.3 is 0 Å². The minimum Gasteiger partial charge on any atom is -0.493 e. The zero-order chi connectivity index (χ0) is 17.4. The molecule has 2 aromatic rings. The van der Waals surface area contributed by atoms with E-state index in [0.29, 0.717) is 12.6 Å². The zero-order valence-electron chi connectivity index (χ0n) is 15.0. The number of nitrogens with one attached hydrogen (secondary N) is 1. The first-order valence-corrected chi connectivity index (χ1v) is 9.21. The summed E-state index contributed by atoms with van der Waals surface area (Å²) in [5, 5.41) is 5.53. The van der Waals surface area contributed by atoms with Crippen LogP contribution in [0.25, 0.3) is 0 Å². The number of hydrogen-bond acceptors (Lipinski definition) is 5. The quantitative estimate of drug-likeness (QED) is 0.663. The Labute approximate surface area is 149 Å². The monoisotopic (exact) mass is 348 g/mol. The van der Waals surface area contributed by atoms with Crippen molar-refractivity contribution in [1.82, 2.24) is 10.2 Å². The van der Waals surface area contributed by atoms with E-state index >= 15 is 0 Å². The Morgan fingerprint density at radius 3 is 2.71 bits per heavy atom. The lowest BCUT2D eigenvalue weighted by atomic mass is 10.2. The molecule has 0 spiro atoms. The molecule has 0 radical (unpaired) electrons. The van der Waals surface area contributed by atoms with Crippen molar-refractivity contribution >= 4 is 11.3 Å². The largest absolute Gasteiger partial charge is 0.493 e. The van der Waals surface area contributed by atoms with Gasteiger partial charge in [-0.05, 0) is 50.0 Å². The van der Waals surface area contributed by atoms with Crippen molar-refractivity contribution in [2.75, 3.05) is 27.2 Å². The fourth-order valence-corrected chi connectivity index (χ4v) is 2.85. The van der Waals surface area contributed by atoms with Gasteiger partial charge in [0.15, 0.2) is 11.5 Å². The second kappa shape index (κ2) is 9.67. The molecule has 4 nitrogen and oxygen atoms in total. The molecule has 132 valence electrons. The summed E-state index contributed by atoms with van der Waals surface area (Å²) in [5.74, 6) is 1.57. The van der Waals surface area contributed by atoms with Crippen LogP contribution in [-0.4, -0.2) is 38.2 Å². The molecule has 5 heteroatoms. The lowest BCUT2D eigenvalue weighted by Gasteiger charge is -2.21. The van der Waals surface area contributed by atoms with Crippen molar-refractivity contribution in [3.8, 4) is 11.5 Å². The molecule has 0 atom stereocenters. The van der Waals surface area contributed by atoms with Gasteiger partial charge in [0.2, 0.25) is 0 Å². The molecule has 1 heterocycles. The lowest BCUT2D eigenvalue weighted by molar-refractivity contribution is 0.273. The number of methoxy groups -OCH3 is 1. The van der Waals surface area contributed by atoms with Crippen molar-refractivity contribution in [3.05, 3.63) is 46.2 Å². The van der Waals surface area contributed by atoms with Gasteiger partial charge in [-0.15, -0.1) is 11.3 Å². The number of likely N-dealkylation sites (N-methyl/N-ethyl adjacent to an activating group) is 1. The molecule has 0 aliphatic heterocycles. The Morgan fingerprint density at radius 2 is 2.04 bits per heavy atom. The molecule has 0 bridgehead atoms. The Bertz CT molecular complexity index is 599. The summed E-state index contributed by atoms with van der Waals surface area (Å²) in [6.45, 7) is 7.82. The van der Waals surface area contributed by atoms with Gasteiger partial charge in [-0.3, -0.25) is 0 Å². The molecular weight excluding hydrogens is 320 g/mol. The van der Waals surface area contributed by atoms with Crippen LogP contribution in [0.5, 0.6) is 11.5 Å². The molecule has 0 unspecified atom stereocenters. The Kier molecular flexibility index (Phi) is 7.56. The minimum absolute atomic E-state index is 0.576. The summed E-state index contributed by atoms with van der Waals surface area (Å²) in [4.78, 5) is 3.53. The molecule has 0 aliphatic rings. The Hall–Kier alpha value is -1.56. The molecule has 2 rings (SSSR count). The molecule has 24 heavy (non-hydrogen) atoms. The molecule has 0 saturated carbocycles. The van der Waals surface area contributed by atoms with E-state index in [4.69, 9.17) is 9.47 Å². The molecule has 0 aliphatic carbocycles. The number of rotatable bonds is 10. The summed E-state index contributed by atoms with van der Waals surface area (Å²) in [5.41, 5.74) is 1.20. The zero-order valence-corrected chi connectivity index (χ0v) is 15.9. The highest BCUT2D eigenvalue weighted by atomic mass is 32.1. The van der Waals surface area contributed by atoms with Gasteiger partial charge in [-0.1, -0.05) is 12.1 Å². The van der Waals surface area contributed by atoms with E-state index in [2.05, 4.69) is 48.6 Å². The van der Waals surface area contributed by atoms with Crippen LogP contribution >= 0.6 is 11.3 Å². The van der Waals surface area contributed by atoms with E-state index in [1.165, 1.54) is 10.4 Å². The van der Waals surface area contributed by atoms with Gasteiger partial charge in [0.05, 0.1) is 7.11 Å². The smallest absolute Gasteiger partial charge is 0.161 e. The van der Waals surface area contributed by atoms with Crippen molar-refractivity contribution in [2.45, 2.75) is 33.0 Å². The molecule has 0 saturated heterocycles. The van der Waals surface area contributed by atoms with Crippen LogP contribution in [0, 0.1) is 0 Å². The van der Waals surface area contributed by atoms with E-state index in [1.807, 2.05) is 18.2 Å². The number of nitrogens with zero attached hydrogens (tertiary/aromatic N) is 1. The van der Waals surface area contributed by atoms with Gasteiger partial charge in [0.1, 0.15) is 6.61 Å². The van der Waals surface area contributed by atoms with E-state index in [-0.39, 0.29) is 0 Å². The molecule has 1 aromatic carbocycles. The van der Waals surface area contributed by atoms with Crippen molar-refractivity contribution in [1.29, 1.82) is 0 Å². The van der Waals surface area contributed by atoms with Crippen LogP contribution in [0.1, 0.15) is 24.3 Å². The fraction of sp³-hybridized carbons (Fsp3) is 0.474. The second-order valence-electron chi connectivity index (χ2n) is 6.10. The van der Waals surface area contributed by atoms with Crippen molar-refractivity contribution in [3.63, 3.8) is 0 Å². The third-order valence-electron chi connectivity index (χ3n) is 4.03. The minimum atomic E-state index is 0.576. The number of ether oxygens (including phenoxy) is 2. The van der Waals surface area contributed by atoms with Gasteiger partial charge in [0.25, 0.3) is 0 Å². The highest BCUT2D eigenvalue weighted by Gasteiger charge is 2.07. The average Bonchev–Trinajstić information content (AvgIpc) is 3.10. The van der Waals surface area contributed by atoms with Gasteiger partial charge in [0, 0.05) is 30.6 Å². The maximum atomic E-state index is 5.87. The molecular formula is C19H28N2O2S. The standard InChI is InChI=1S/C19H28N2O2S/c1-15(2)21(3)10-9-20-13-16-7-8-18(19(12-16)22-4)23-14-17-6-5-11-24-17/h5-8,11-12,15,20H,9-10,13-14H2,1-4H3. The van der Waals surface area contributed by atoms with E-state index in [1.54, 1.807) is 18.4 Å². The van der Waals surface area contributed by atoms with Crippen LogP contribution in [0.4, 0.5) is 0 Å². The lowest BCUT2D eigenvalue weighted by Crippen LogP contribution is -2.33. The van der Waals surface area contributed by atoms with E-state index < -0.39 is 0 Å². The van der Waals surface area contributed by atoms with Gasteiger partial charge in [-0.25, -0.2) is 0 Å². The normalized spacial score (nSPS) is 11.2. The number of benzene rings is 1. The number of thiophene rings is 1. The highest BCUT2D eigenvalue weighted by molar-refractivity contribution is 7.09. The summed E-state index contributed by atoms with van der Waals surface area (Å²) < 4.78 is 11.3. The molecule has 1 N–H and O–H groups in total. The fourth-order valence-electron chi connectivity index (χ4n) is 2.23. The predicted molar refractivity (Wildman–Crippen MR) is 101 cm³/mol. The first kappa shape index (κ1) is 18.8.